The summed E-state index contributed by atoms with van der Waals surface area (Å²) in [5.41, 5.74) is 0.801. The molecule has 2 aromatic rings. The number of hydrogen-bond acceptors (Lipinski definition) is 5. The fourth-order valence-corrected chi connectivity index (χ4v) is 2.66. The molecule has 0 aliphatic heterocycles. The van der Waals surface area contributed by atoms with Crippen LogP contribution in [0.25, 0.3) is 11.3 Å². The number of carbonyl (C=O) groups excluding carboxylic acids is 2. The summed E-state index contributed by atoms with van der Waals surface area (Å²) in [5, 5.41) is 4.42. The molecular weight excluding hydrogens is 344 g/mol. The maximum absolute atomic E-state index is 13.0. The highest BCUT2D eigenvalue weighted by atomic mass is 16.6. The minimum atomic E-state index is -0.696. The number of aromatic nitrogens is 2. The van der Waals surface area contributed by atoms with Gasteiger partial charge in [0, 0.05) is 12.1 Å². The number of nitrogens with zero attached hydrogens (tertiary/aromatic N) is 2. The molecule has 0 radical (unpaired) electrons. The second-order valence-electron chi connectivity index (χ2n) is 7.84. The van der Waals surface area contributed by atoms with Crippen LogP contribution in [-0.2, 0) is 16.0 Å². The van der Waals surface area contributed by atoms with Crippen molar-refractivity contribution in [3.05, 3.63) is 41.6 Å². The standard InChI is InChI=1S/C21H28N2O4/c1-14(2)12-13-23-18(15-10-8-7-9-11-15)16(17(22-23)20(25)26-6)19(24)27-21(3,4)5/h7-11,14H,12-13H2,1-6H3. The highest BCUT2D eigenvalue weighted by Gasteiger charge is 2.32. The van der Waals surface area contributed by atoms with E-state index in [9.17, 15) is 9.59 Å². The van der Waals surface area contributed by atoms with Gasteiger partial charge in [0.2, 0.25) is 0 Å². The first-order valence-electron chi connectivity index (χ1n) is 9.12. The maximum Gasteiger partial charge on any atom is 0.359 e. The van der Waals surface area contributed by atoms with Crippen molar-refractivity contribution in [2.24, 2.45) is 5.92 Å². The van der Waals surface area contributed by atoms with Gasteiger partial charge >= 0.3 is 11.9 Å². The molecule has 0 aliphatic carbocycles. The van der Waals surface area contributed by atoms with Gasteiger partial charge in [-0.2, -0.15) is 5.10 Å². The van der Waals surface area contributed by atoms with Gasteiger partial charge < -0.3 is 9.47 Å². The van der Waals surface area contributed by atoms with Gasteiger partial charge in [0.25, 0.3) is 0 Å². The lowest BCUT2D eigenvalue weighted by molar-refractivity contribution is 0.00661. The molecule has 1 aromatic carbocycles. The van der Waals surface area contributed by atoms with Gasteiger partial charge in [0.05, 0.1) is 12.8 Å². The molecule has 1 heterocycles. The zero-order chi connectivity index (χ0) is 20.2. The Labute approximate surface area is 160 Å². The predicted octanol–water partition coefficient (Wildman–Crippen LogP) is 4.34. The molecule has 0 bridgehead atoms. The average molecular weight is 372 g/mol. The zero-order valence-corrected chi connectivity index (χ0v) is 16.9. The van der Waals surface area contributed by atoms with Crippen molar-refractivity contribution in [2.75, 3.05) is 7.11 Å². The first-order chi connectivity index (χ1) is 12.6. The number of methoxy groups -OCH3 is 1. The van der Waals surface area contributed by atoms with Crippen LogP contribution in [0.5, 0.6) is 0 Å². The molecule has 1 aromatic heterocycles. The lowest BCUT2D eigenvalue weighted by Gasteiger charge is -2.20. The third-order valence-corrected chi connectivity index (χ3v) is 3.90. The number of aryl methyl sites for hydroxylation is 1. The Kier molecular flexibility index (Phi) is 6.41. The molecule has 0 aliphatic rings. The lowest BCUT2D eigenvalue weighted by Crippen LogP contribution is -2.25. The van der Waals surface area contributed by atoms with Crippen LogP contribution in [0, 0.1) is 5.92 Å². The number of esters is 2. The molecule has 0 unspecified atom stereocenters. The smallest absolute Gasteiger partial charge is 0.359 e. The summed E-state index contributed by atoms with van der Waals surface area (Å²) in [4.78, 5) is 25.3. The summed E-state index contributed by atoms with van der Waals surface area (Å²) in [5.74, 6) is -0.793. The van der Waals surface area contributed by atoms with Crippen molar-refractivity contribution in [1.82, 2.24) is 9.78 Å². The summed E-state index contributed by atoms with van der Waals surface area (Å²) in [6.07, 6.45) is 0.857. The molecule has 146 valence electrons. The van der Waals surface area contributed by atoms with Crippen molar-refractivity contribution < 1.29 is 19.1 Å². The fourth-order valence-electron chi connectivity index (χ4n) is 2.66. The van der Waals surface area contributed by atoms with Gasteiger partial charge in [0.1, 0.15) is 11.2 Å². The first kappa shape index (κ1) is 20.7. The van der Waals surface area contributed by atoms with Crippen LogP contribution < -0.4 is 0 Å². The number of ether oxygens (including phenoxy) is 2. The van der Waals surface area contributed by atoms with Crippen LogP contribution in [0.3, 0.4) is 0 Å². The molecule has 0 spiro atoms. The Morgan fingerprint density at radius 2 is 1.74 bits per heavy atom. The van der Waals surface area contributed by atoms with E-state index in [2.05, 4.69) is 18.9 Å². The fraction of sp³-hybridized carbons (Fsp3) is 0.476. The van der Waals surface area contributed by atoms with Gasteiger partial charge in [-0.15, -0.1) is 0 Å². The van der Waals surface area contributed by atoms with Crippen LogP contribution in [0.4, 0.5) is 0 Å². The van der Waals surface area contributed by atoms with E-state index in [0.717, 1.165) is 12.0 Å². The van der Waals surface area contributed by atoms with E-state index in [1.54, 1.807) is 25.5 Å². The quantitative estimate of drug-likeness (QED) is 0.706. The van der Waals surface area contributed by atoms with Gasteiger partial charge in [0.15, 0.2) is 5.69 Å². The van der Waals surface area contributed by atoms with Crippen LogP contribution in [0.15, 0.2) is 30.3 Å². The lowest BCUT2D eigenvalue weighted by atomic mass is 10.0. The van der Waals surface area contributed by atoms with Crippen molar-refractivity contribution in [2.45, 2.75) is 53.2 Å². The van der Waals surface area contributed by atoms with Crippen molar-refractivity contribution in [3.8, 4) is 11.3 Å². The van der Waals surface area contributed by atoms with Gasteiger partial charge in [-0.3, -0.25) is 4.68 Å². The Hall–Kier alpha value is -2.63. The maximum atomic E-state index is 13.0. The molecule has 6 heteroatoms. The third-order valence-electron chi connectivity index (χ3n) is 3.90. The molecular formula is C21H28N2O4. The summed E-state index contributed by atoms with van der Waals surface area (Å²) < 4.78 is 12.1. The predicted molar refractivity (Wildman–Crippen MR) is 104 cm³/mol. The van der Waals surface area contributed by atoms with Crippen LogP contribution in [-0.4, -0.2) is 34.4 Å². The zero-order valence-electron chi connectivity index (χ0n) is 16.9. The first-order valence-corrected chi connectivity index (χ1v) is 9.12. The Balaban J connectivity index is 2.68. The molecule has 6 nitrogen and oxygen atoms in total. The number of carbonyl (C=O) groups is 2. The van der Waals surface area contributed by atoms with E-state index >= 15 is 0 Å². The molecule has 0 N–H and O–H groups in total. The number of rotatable bonds is 6. The summed E-state index contributed by atoms with van der Waals surface area (Å²) in [6, 6.07) is 9.43. The van der Waals surface area contributed by atoms with Crippen molar-refractivity contribution in [3.63, 3.8) is 0 Å². The minimum Gasteiger partial charge on any atom is -0.464 e. The second-order valence-corrected chi connectivity index (χ2v) is 7.84. The van der Waals surface area contributed by atoms with Crippen molar-refractivity contribution in [1.29, 1.82) is 0 Å². The van der Waals surface area contributed by atoms with Gasteiger partial charge in [-0.1, -0.05) is 44.2 Å². The Bertz CT molecular complexity index is 802. The van der Waals surface area contributed by atoms with Crippen LogP contribution in [0.2, 0.25) is 0 Å². The third kappa shape index (κ3) is 5.18. The van der Waals surface area contributed by atoms with E-state index in [4.69, 9.17) is 9.47 Å². The Morgan fingerprint density at radius 3 is 2.26 bits per heavy atom. The van der Waals surface area contributed by atoms with Gasteiger partial charge in [-0.05, 0) is 33.1 Å². The molecule has 0 fully saturated rings. The second kappa shape index (κ2) is 8.37. The van der Waals surface area contributed by atoms with Gasteiger partial charge in [-0.25, -0.2) is 9.59 Å². The molecule has 27 heavy (non-hydrogen) atoms. The highest BCUT2D eigenvalue weighted by molar-refractivity contribution is 6.06. The number of benzene rings is 1. The highest BCUT2D eigenvalue weighted by Crippen LogP contribution is 2.29. The SMILES string of the molecule is COC(=O)c1nn(CCC(C)C)c(-c2ccccc2)c1C(=O)OC(C)(C)C. The number of hydrogen-bond donors (Lipinski definition) is 0. The molecule has 2 rings (SSSR count). The monoisotopic (exact) mass is 372 g/mol. The summed E-state index contributed by atoms with van der Waals surface area (Å²) in [6.45, 7) is 10.2. The van der Waals surface area contributed by atoms with E-state index < -0.39 is 17.5 Å². The molecule has 0 atom stereocenters. The summed E-state index contributed by atoms with van der Waals surface area (Å²) >= 11 is 0. The van der Waals surface area contributed by atoms with Crippen LogP contribution in [0.1, 0.15) is 61.9 Å². The summed E-state index contributed by atoms with van der Waals surface area (Å²) in [7, 11) is 1.27. The normalized spacial score (nSPS) is 11.5. The molecule has 0 saturated carbocycles. The van der Waals surface area contributed by atoms with Crippen molar-refractivity contribution >= 4 is 11.9 Å². The van der Waals surface area contributed by atoms with E-state index in [1.165, 1.54) is 7.11 Å². The van der Waals surface area contributed by atoms with E-state index in [1.807, 2.05) is 30.3 Å². The average Bonchev–Trinajstić information content (AvgIpc) is 2.98. The molecule has 0 saturated heterocycles. The molecule has 0 amide bonds. The minimum absolute atomic E-state index is 0.0191. The van der Waals surface area contributed by atoms with E-state index in [0.29, 0.717) is 18.2 Å². The Morgan fingerprint density at radius 1 is 1.11 bits per heavy atom. The topological polar surface area (TPSA) is 70.4 Å². The largest absolute Gasteiger partial charge is 0.464 e. The van der Waals surface area contributed by atoms with E-state index in [-0.39, 0.29) is 11.3 Å². The van der Waals surface area contributed by atoms with Crippen LogP contribution >= 0.6 is 0 Å².